The average molecular weight is 452 g/mol. The molecule has 1 aliphatic heterocycles. The van der Waals surface area contributed by atoms with Gasteiger partial charge in [0.25, 0.3) is 5.91 Å². The quantitative estimate of drug-likeness (QED) is 0.541. The van der Waals surface area contributed by atoms with Crippen LogP contribution in [0.15, 0.2) is 72.8 Å². The number of anilines is 3. The molecule has 4 rings (SSSR count). The summed E-state index contributed by atoms with van der Waals surface area (Å²) in [7, 11) is 0. The summed E-state index contributed by atoms with van der Waals surface area (Å²) in [6.45, 7) is 2.37. The Balaban J connectivity index is 1.46. The molecule has 1 aliphatic rings. The summed E-state index contributed by atoms with van der Waals surface area (Å²) in [4.78, 5) is 26.8. The Kier molecular flexibility index (Phi) is 6.47. The Morgan fingerprint density at radius 1 is 1.03 bits per heavy atom. The first-order valence-corrected chi connectivity index (χ1v) is 10.5. The van der Waals surface area contributed by atoms with Crippen LogP contribution in [0.25, 0.3) is 0 Å². The van der Waals surface area contributed by atoms with Crippen molar-refractivity contribution >= 4 is 40.6 Å². The lowest BCUT2D eigenvalue weighted by molar-refractivity contribution is -0.125. The SMILES string of the molecule is CC1Oc2ccc(NC(=O)Nc3ccc(Cl)cc3)cc2N(CCOc2ccccc2)C1=O. The van der Waals surface area contributed by atoms with Gasteiger partial charge in [-0.1, -0.05) is 29.8 Å². The molecule has 7 nitrogen and oxygen atoms in total. The second kappa shape index (κ2) is 9.62. The molecular formula is C24H22ClN3O4. The van der Waals surface area contributed by atoms with Gasteiger partial charge in [0.15, 0.2) is 6.10 Å². The summed E-state index contributed by atoms with van der Waals surface area (Å²) in [6, 6.07) is 21.0. The molecule has 0 saturated heterocycles. The number of carbonyl (C=O) groups is 2. The second-order valence-electron chi connectivity index (χ2n) is 7.18. The van der Waals surface area contributed by atoms with E-state index in [4.69, 9.17) is 21.1 Å². The molecule has 0 radical (unpaired) electrons. The molecule has 1 atom stereocenters. The molecule has 0 fully saturated rings. The summed E-state index contributed by atoms with van der Waals surface area (Å²) in [5.41, 5.74) is 1.71. The van der Waals surface area contributed by atoms with Crippen molar-refractivity contribution in [1.29, 1.82) is 0 Å². The summed E-state index contributed by atoms with van der Waals surface area (Å²) >= 11 is 5.87. The maximum absolute atomic E-state index is 12.8. The average Bonchev–Trinajstić information content (AvgIpc) is 2.79. The van der Waals surface area contributed by atoms with E-state index in [1.54, 1.807) is 54.3 Å². The van der Waals surface area contributed by atoms with Gasteiger partial charge >= 0.3 is 6.03 Å². The largest absolute Gasteiger partial charge is 0.492 e. The van der Waals surface area contributed by atoms with Gasteiger partial charge in [-0.25, -0.2) is 4.79 Å². The molecule has 0 spiro atoms. The number of nitrogens with zero attached hydrogens (tertiary/aromatic N) is 1. The standard InChI is InChI=1S/C24H22ClN3O4/c1-16-23(29)28(13-14-31-20-5-3-2-4-6-20)21-15-19(11-12-22(21)32-16)27-24(30)26-18-9-7-17(25)8-10-18/h2-12,15-16H,13-14H2,1H3,(H2,26,27,30). The molecule has 32 heavy (non-hydrogen) atoms. The number of fused-ring (bicyclic) bond motifs is 1. The highest BCUT2D eigenvalue weighted by Crippen LogP contribution is 2.36. The maximum atomic E-state index is 12.8. The van der Waals surface area contributed by atoms with Crippen molar-refractivity contribution in [2.24, 2.45) is 0 Å². The minimum absolute atomic E-state index is 0.170. The van der Waals surface area contributed by atoms with E-state index in [2.05, 4.69) is 10.6 Å². The van der Waals surface area contributed by atoms with E-state index in [1.165, 1.54) is 0 Å². The van der Waals surface area contributed by atoms with Gasteiger partial charge in [0.05, 0.1) is 12.2 Å². The maximum Gasteiger partial charge on any atom is 0.323 e. The second-order valence-corrected chi connectivity index (χ2v) is 7.62. The zero-order chi connectivity index (χ0) is 22.5. The van der Waals surface area contributed by atoms with Crippen LogP contribution in [-0.2, 0) is 4.79 Å². The fraction of sp³-hybridized carbons (Fsp3) is 0.167. The van der Waals surface area contributed by atoms with Gasteiger partial charge in [0.1, 0.15) is 18.1 Å². The van der Waals surface area contributed by atoms with E-state index in [0.717, 1.165) is 5.75 Å². The summed E-state index contributed by atoms with van der Waals surface area (Å²) in [6.07, 6.45) is -0.605. The van der Waals surface area contributed by atoms with Crippen LogP contribution in [0.2, 0.25) is 5.02 Å². The van der Waals surface area contributed by atoms with Crippen LogP contribution in [0.1, 0.15) is 6.92 Å². The number of para-hydroxylation sites is 1. The Morgan fingerprint density at radius 3 is 2.47 bits per heavy atom. The van der Waals surface area contributed by atoms with Gasteiger partial charge in [-0.15, -0.1) is 0 Å². The molecule has 1 heterocycles. The molecule has 8 heteroatoms. The third-order valence-electron chi connectivity index (χ3n) is 4.85. The predicted molar refractivity (Wildman–Crippen MR) is 125 cm³/mol. The lowest BCUT2D eigenvalue weighted by Gasteiger charge is -2.33. The van der Waals surface area contributed by atoms with Crippen LogP contribution < -0.4 is 25.0 Å². The zero-order valence-electron chi connectivity index (χ0n) is 17.4. The molecular weight excluding hydrogens is 430 g/mol. The molecule has 2 N–H and O–H groups in total. The number of hydrogen-bond acceptors (Lipinski definition) is 4. The third kappa shape index (κ3) is 5.12. The van der Waals surface area contributed by atoms with Gasteiger partial charge in [0, 0.05) is 16.4 Å². The Hall–Kier alpha value is -3.71. The van der Waals surface area contributed by atoms with Crippen LogP contribution in [0.5, 0.6) is 11.5 Å². The third-order valence-corrected chi connectivity index (χ3v) is 5.11. The number of benzene rings is 3. The molecule has 0 bridgehead atoms. The number of rotatable bonds is 6. The number of carbonyl (C=O) groups excluding carboxylic acids is 2. The summed E-state index contributed by atoms with van der Waals surface area (Å²) < 4.78 is 11.5. The Labute approximate surface area is 190 Å². The summed E-state index contributed by atoms with van der Waals surface area (Å²) in [5, 5.41) is 6.10. The number of nitrogens with one attached hydrogen (secondary N) is 2. The highest BCUT2D eigenvalue weighted by molar-refractivity contribution is 6.30. The summed E-state index contributed by atoms with van der Waals surface area (Å²) in [5.74, 6) is 1.13. The lowest BCUT2D eigenvalue weighted by atomic mass is 10.1. The molecule has 0 aromatic heterocycles. The number of hydrogen-bond donors (Lipinski definition) is 2. The van der Waals surface area contributed by atoms with Crippen molar-refractivity contribution in [2.45, 2.75) is 13.0 Å². The highest BCUT2D eigenvalue weighted by atomic mass is 35.5. The van der Waals surface area contributed by atoms with Crippen molar-refractivity contribution in [3.05, 3.63) is 77.8 Å². The van der Waals surface area contributed by atoms with Crippen LogP contribution in [-0.4, -0.2) is 31.2 Å². The molecule has 0 aliphatic carbocycles. The van der Waals surface area contributed by atoms with E-state index in [9.17, 15) is 9.59 Å². The number of ether oxygens (including phenoxy) is 2. The van der Waals surface area contributed by atoms with Gasteiger partial charge < -0.3 is 25.0 Å². The zero-order valence-corrected chi connectivity index (χ0v) is 18.1. The van der Waals surface area contributed by atoms with Crippen LogP contribution in [0, 0.1) is 0 Å². The van der Waals surface area contributed by atoms with Crippen molar-refractivity contribution in [3.63, 3.8) is 0 Å². The van der Waals surface area contributed by atoms with Crippen LogP contribution in [0.3, 0.4) is 0 Å². The molecule has 164 valence electrons. The van der Waals surface area contributed by atoms with Gasteiger partial charge in [-0.2, -0.15) is 0 Å². The fourth-order valence-corrected chi connectivity index (χ4v) is 3.44. The van der Waals surface area contributed by atoms with E-state index < -0.39 is 12.1 Å². The minimum Gasteiger partial charge on any atom is -0.492 e. The highest BCUT2D eigenvalue weighted by Gasteiger charge is 2.31. The Bertz CT molecular complexity index is 1110. The smallest absolute Gasteiger partial charge is 0.323 e. The van der Waals surface area contributed by atoms with Crippen molar-refractivity contribution in [2.75, 3.05) is 28.7 Å². The minimum atomic E-state index is -0.605. The number of amides is 3. The van der Waals surface area contributed by atoms with E-state index in [1.807, 2.05) is 30.3 Å². The van der Waals surface area contributed by atoms with Crippen LogP contribution in [0.4, 0.5) is 21.9 Å². The van der Waals surface area contributed by atoms with Gasteiger partial charge in [-0.05, 0) is 61.5 Å². The lowest BCUT2D eigenvalue weighted by Crippen LogP contribution is -2.46. The molecule has 3 aromatic rings. The first kappa shape index (κ1) is 21.5. The van der Waals surface area contributed by atoms with E-state index in [0.29, 0.717) is 41.0 Å². The number of urea groups is 1. The number of halogens is 1. The molecule has 3 aromatic carbocycles. The molecule has 1 unspecified atom stereocenters. The molecule has 3 amide bonds. The van der Waals surface area contributed by atoms with E-state index >= 15 is 0 Å². The van der Waals surface area contributed by atoms with Crippen molar-refractivity contribution < 1.29 is 19.1 Å². The topological polar surface area (TPSA) is 79.9 Å². The van der Waals surface area contributed by atoms with Gasteiger partial charge in [-0.3, -0.25) is 4.79 Å². The normalized spacial score (nSPS) is 14.9. The first-order valence-electron chi connectivity index (χ1n) is 10.1. The van der Waals surface area contributed by atoms with Crippen molar-refractivity contribution in [1.82, 2.24) is 0 Å². The monoisotopic (exact) mass is 451 g/mol. The van der Waals surface area contributed by atoms with E-state index in [-0.39, 0.29) is 5.91 Å². The van der Waals surface area contributed by atoms with Crippen molar-refractivity contribution in [3.8, 4) is 11.5 Å². The van der Waals surface area contributed by atoms with Gasteiger partial charge in [0.2, 0.25) is 0 Å². The van der Waals surface area contributed by atoms with Crippen LogP contribution >= 0.6 is 11.6 Å². The Morgan fingerprint density at radius 2 is 1.72 bits per heavy atom. The first-order chi connectivity index (χ1) is 15.5. The predicted octanol–water partition coefficient (Wildman–Crippen LogP) is 5.18. The molecule has 0 saturated carbocycles. The fourth-order valence-electron chi connectivity index (χ4n) is 3.31.